The van der Waals surface area contributed by atoms with Crippen LogP contribution in [0, 0.1) is 0 Å². The number of halogens is 3. The fourth-order valence-electron chi connectivity index (χ4n) is 7.39. The number of aromatic nitrogens is 4. The summed E-state index contributed by atoms with van der Waals surface area (Å²) in [6, 6.07) is 17.5. The molecule has 0 radical (unpaired) electrons. The lowest BCUT2D eigenvalue weighted by atomic mass is 9.97. The molecule has 2 aromatic heterocycles. The Morgan fingerprint density at radius 1 is 0.911 bits per heavy atom. The minimum Gasteiger partial charge on any atom is -0.494 e. The van der Waals surface area contributed by atoms with Crippen molar-refractivity contribution in [2.75, 3.05) is 86.6 Å². The molecule has 0 atom stereocenters. The third-order valence-electron chi connectivity index (χ3n) is 10.5. The van der Waals surface area contributed by atoms with E-state index in [4.69, 9.17) is 4.74 Å². The number of hydrogen-bond donors (Lipinski definition) is 2. The summed E-state index contributed by atoms with van der Waals surface area (Å²) < 4.78 is 75.6. The Kier molecular flexibility index (Phi) is 11.2. The van der Waals surface area contributed by atoms with Crippen LogP contribution in [0.25, 0.3) is 11.0 Å². The minimum atomic E-state index is -4.85. The van der Waals surface area contributed by atoms with E-state index in [-0.39, 0.29) is 22.8 Å². The maximum atomic E-state index is 14.5. The van der Waals surface area contributed by atoms with Crippen molar-refractivity contribution in [3.8, 4) is 5.75 Å². The van der Waals surface area contributed by atoms with E-state index >= 15 is 0 Å². The number of hydrogen-bond acceptors (Lipinski definition) is 12. The first-order valence-electron chi connectivity index (χ1n) is 18.4. The number of fused-ring (bicyclic) bond motifs is 1. The molecule has 13 nitrogen and oxygen atoms in total. The molecule has 2 aliphatic heterocycles. The Labute approximate surface area is 324 Å². The largest absolute Gasteiger partial charge is 0.494 e. The van der Waals surface area contributed by atoms with Crippen molar-refractivity contribution in [3.05, 3.63) is 89.9 Å². The van der Waals surface area contributed by atoms with Gasteiger partial charge in [-0.15, -0.1) is 0 Å². The molecule has 2 fully saturated rings. The standard InChI is InChI=1S/C39H45F3N10O3S/c1-49-18-20-51(21-19-49)28-12-16-52(17-13-28)33-24-34(55-3)32(23-27(33)22-26-8-6-5-7-9-26)47-38-45-25-29(39(40,41)42)37(48-38)46-31-11-10-30-35(44-15-14-43-30)36(31)50(2)56(4,53)54/h5-11,14-15,23-25,28H,12-13,16-22H2,1-4H3,(H2,45,46,47,48). The van der Waals surface area contributed by atoms with Gasteiger partial charge in [0.2, 0.25) is 16.0 Å². The van der Waals surface area contributed by atoms with Gasteiger partial charge in [-0.1, -0.05) is 30.3 Å². The van der Waals surface area contributed by atoms with Crippen LogP contribution in [0.4, 0.5) is 47.7 Å². The molecule has 296 valence electrons. The van der Waals surface area contributed by atoms with Gasteiger partial charge in [0.15, 0.2) is 0 Å². The number of alkyl halides is 3. The third kappa shape index (κ3) is 8.59. The van der Waals surface area contributed by atoms with Gasteiger partial charge < -0.3 is 25.2 Å². The highest BCUT2D eigenvalue weighted by atomic mass is 32.2. The number of anilines is 6. The SMILES string of the molecule is COc1cc(N2CCC(N3CCN(C)CC3)CC2)c(Cc2ccccc2)cc1Nc1ncc(C(F)(F)F)c(Nc2ccc3nccnc3c2N(C)S(C)(=O)=O)n1. The molecule has 0 bridgehead atoms. The van der Waals surface area contributed by atoms with E-state index < -0.39 is 27.6 Å². The summed E-state index contributed by atoms with van der Waals surface area (Å²) in [7, 11) is 1.14. The molecule has 2 N–H and O–H groups in total. The summed E-state index contributed by atoms with van der Waals surface area (Å²) in [6.45, 7) is 6.06. The van der Waals surface area contributed by atoms with Crippen molar-refractivity contribution in [2.24, 2.45) is 0 Å². The molecule has 5 aromatic rings. The molecule has 3 aromatic carbocycles. The number of sulfonamides is 1. The van der Waals surface area contributed by atoms with Crippen molar-refractivity contribution in [3.63, 3.8) is 0 Å². The summed E-state index contributed by atoms with van der Waals surface area (Å²) in [5.41, 5.74) is 3.01. The number of nitrogens with one attached hydrogen (secondary N) is 2. The lowest BCUT2D eigenvalue weighted by molar-refractivity contribution is -0.137. The summed E-state index contributed by atoms with van der Waals surface area (Å²) in [5, 5.41) is 5.86. The second-order valence-corrected chi connectivity index (χ2v) is 16.2. The number of piperidine rings is 1. The van der Waals surface area contributed by atoms with Crippen LogP contribution in [0.15, 0.2) is 73.2 Å². The second kappa shape index (κ2) is 16.1. The van der Waals surface area contributed by atoms with Gasteiger partial charge in [-0.3, -0.25) is 19.2 Å². The lowest BCUT2D eigenvalue weighted by Crippen LogP contribution is -2.52. The van der Waals surface area contributed by atoms with Crippen LogP contribution in [0.5, 0.6) is 5.75 Å². The molecule has 0 aliphatic carbocycles. The lowest BCUT2D eigenvalue weighted by Gasteiger charge is -2.43. The van der Waals surface area contributed by atoms with Gasteiger partial charge in [0.25, 0.3) is 0 Å². The molecule has 2 saturated heterocycles. The number of nitrogens with zero attached hydrogens (tertiary/aromatic N) is 8. The Morgan fingerprint density at radius 3 is 2.30 bits per heavy atom. The molecular weight excluding hydrogens is 746 g/mol. The van der Waals surface area contributed by atoms with Gasteiger partial charge in [0.05, 0.1) is 30.3 Å². The molecule has 7 rings (SSSR count). The van der Waals surface area contributed by atoms with E-state index in [2.05, 4.69) is 64.4 Å². The topological polar surface area (TPSA) is 132 Å². The number of ether oxygens (including phenoxy) is 1. The molecule has 4 heterocycles. The number of likely N-dealkylation sites (N-methyl/N-ethyl adjacent to an activating group) is 1. The second-order valence-electron chi connectivity index (χ2n) is 14.2. The highest BCUT2D eigenvalue weighted by Crippen LogP contribution is 2.41. The summed E-state index contributed by atoms with van der Waals surface area (Å²) >= 11 is 0. The first-order chi connectivity index (χ1) is 26.8. The van der Waals surface area contributed by atoms with Crippen molar-refractivity contribution in [1.82, 2.24) is 29.7 Å². The fraction of sp³-hybridized carbons (Fsp3) is 0.385. The van der Waals surface area contributed by atoms with Gasteiger partial charge in [0, 0.05) is 82.7 Å². The molecule has 0 unspecified atom stereocenters. The van der Waals surface area contributed by atoms with E-state index in [1.165, 1.54) is 31.6 Å². The maximum Gasteiger partial charge on any atom is 0.421 e. The average molecular weight is 791 g/mol. The van der Waals surface area contributed by atoms with E-state index in [0.29, 0.717) is 35.6 Å². The predicted molar refractivity (Wildman–Crippen MR) is 213 cm³/mol. The summed E-state index contributed by atoms with van der Waals surface area (Å²) in [4.78, 5) is 24.3. The Morgan fingerprint density at radius 2 is 1.62 bits per heavy atom. The zero-order valence-corrected chi connectivity index (χ0v) is 32.5. The molecule has 2 aliphatic rings. The van der Waals surface area contributed by atoms with Gasteiger partial charge in [-0.2, -0.15) is 18.2 Å². The first kappa shape index (κ1) is 39.0. The molecule has 0 amide bonds. The zero-order valence-electron chi connectivity index (χ0n) is 31.7. The van der Waals surface area contributed by atoms with Crippen LogP contribution in [0.3, 0.4) is 0 Å². The minimum absolute atomic E-state index is 0.00900. The predicted octanol–water partition coefficient (Wildman–Crippen LogP) is 6.14. The van der Waals surface area contributed by atoms with Gasteiger partial charge in [-0.05, 0) is 55.6 Å². The molecule has 0 saturated carbocycles. The number of rotatable bonds is 11. The van der Waals surface area contributed by atoms with Crippen LogP contribution in [0.2, 0.25) is 0 Å². The van der Waals surface area contributed by atoms with Gasteiger partial charge in [-0.25, -0.2) is 13.4 Å². The van der Waals surface area contributed by atoms with Crippen LogP contribution in [0.1, 0.15) is 29.5 Å². The Bertz CT molecular complexity index is 2280. The van der Waals surface area contributed by atoms with E-state index in [9.17, 15) is 21.6 Å². The van der Waals surface area contributed by atoms with Crippen molar-refractivity contribution < 1.29 is 26.3 Å². The maximum absolute atomic E-state index is 14.5. The number of benzene rings is 3. The Hall–Kier alpha value is -5.26. The molecule has 0 spiro atoms. The number of piperazine rings is 1. The average Bonchev–Trinajstić information content (AvgIpc) is 3.18. The summed E-state index contributed by atoms with van der Waals surface area (Å²) in [5.74, 6) is -0.255. The third-order valence-corrected chi connectivity index (χ3v) is 11.7. The quantitative estimate of drug-likeness (QED) is 0.160. The van der Waals surface area contributed by atoms with Gasteiger partial charge in [0.1, 0.15) is 28.3 Å². The fourth-order valence-corrected chi connectivity index (χ4v) is 7.91. The van der Waals surface area contributed by atoms with E-state index in [0.717, 1.165) is 79.5 Å². The van der Waals surface area contributed by atoms with Crippen LogP contribution >= 0.6 is 0 Å². The van der Waals surface area contributed by atoms with Crippen LogP contribution in [-0.4, -0.2) is 111 Å². The van der Waals surface area contributed by atoms with Crippen molar-refractivity contribution in [1.29, 1.82) is 0 Å². The normalized spacial score (nSPS) is 16.2. The summed E-state index contributed by atoms with van der Waals surface area (Å²) in [6.07, 6.45) is 2.33. The highest BCUT2D eigenvalue weighted by Gasteiger charge is 2.36. The highest BCUT2D eigenvalue weighted by molar-refractivity contribution is 7.92. The smallest absolute Gasteiger partial charge is 0.421 e. The van der Waals surface area contributed by atoms with Crippen molar-refractivity contribution in [2.45, 2.75) is 31.5 Å². The molecular formula is C39H45F3N10O3S. The van der Waals surface area contributed by atoms with Crippen molar-refractivity contribution >= 4 is 55.6 Å². The molecule has 56 heavy (non-hydrogen) atoms. The monoisotopic (exact) mass is 790 g/mol. The van der Waals surface area contributed by atoms with E-state index in [1.54, 1.807) is 7.11 Å². The van der Waals surface area contributed by atoms with E-state index in [1.807, 2.05) is 30.3 Å². The first-order valence-corrected chi connectivity index (χ1v) is 20.2. The van der Waals surface area contributed by atoms with Crippen LogP contribution < -0.4 is 24.6 Å². The Balaban J connectivity index is 1.23. The van der Waals surface area contributed by atoms with Gasteiger partial charge >= 0.3 is 6.18 Å². The zero-order chi connectivity index (χ0) is 39.6. The van der Waals surface area contributed by atoms with Crippen LogP contribution in [-0.2, 0) is 22.6 Å². The molecule has 17 heteroatoms. The number of methoxy groups -OCH3 is 1.